The third kappa shape index (κ3) is 4.92. The minimum absolute atomic E-state index is 0.0246. The number of pyridine rings is 1. The normalized spacial score (nSPS) is 19.9. The van der Waals surface area contributed by atoms with E-state index in [1.165, 1.54) is 11.6 Å². The van der Waals surface area contributed by atoms with Gasteiger partial charge in [-0.15, -0.1) is 4.73 Å². The molecule has 0 aromatic carbocycles. The van der Waals surface area contributed by atoms with Crippen molar-refractivity contribution in [1.82, 2.24) is 15.1 Å². The lowest BCUT2D eigenvalue weighted by atomic mass is 9.85. The Labute approximate surface area is 203 Å². The van der Waals surface area contributed by atoms with E-state index in [1.807, 2.05) is 4.90 Å². The van der Waals surface area contributed by atoms with Crippen molar-refractivity contribution in [3.8, 4) is 0 Å². The molecule has 1 N–H and O–H groups in total. The van der Waals surface area contributed by atoms with E-state index in [2.05, 4.69) is 34.0 Å². The molecule has 1 amide bonds. The van der Waals surface area contributed by atoms with Gasteiger partial charge in [0.05, 0.1) is 0 Å². The van der Waals surface area contributed by atoms with Gasteiger partial charge in [0, 0.05) is 50.4 Å². The van der Waals surface area contributed by atoms with Gasteiger partial charge in [0.1, 0.15) is 5.56 Å². The van der Waals surface area contributed by atoms with Crippen molar-refractivity contribution >= 4 is 40.4 Å². The van der Waals surface area contributed by atoms with E-state index in [0.717, 1.165) is 45.3 Å². The lowest BCUT2D eigenvalue weighted by Gasteiger charge is -2.49. The molecule has 2 aromatic rings. The highest BCUT2D eigenvalue weighted by Gasteiger charge is 2.39. The van der Waals surface area contributed by atoms with E-state index in [1.54, 1.807) is 18.3 Å². The van der Waals surface area contributed by atoms with Crippen molar-refractivity contribution in [2.75, 3.05) is 26.2 Å². The Bertz CT molecular complexity index is 953. The van der Waals surface area contributed by atoms with Gasteiger partial charge in [-0.3, -0.25) is 9.69 Å². The first kappa shape index (κ1) is 23.8. The van der Waals surface area contributed by atoms with Crippen LogP contribution < -0.4 is 10.0 Å². The van der Waals surface area contributed by atoms with E-state index in [9.17, 15) is 10.0 Å². The van der Waals surface area contributed by atoms with Crippen molar-refractivity contribution in [3.05, 3.63) is 55.1 Å². The first-order chi connectivity index (χ1) is 15.3. The molecular weight excluding hydrogens is 467 g/mol. The zero-order valence-electron chi connectivity index (χ0n) is 18.6. The first-order valence-corrected chi connectivity index (χ1v) is 12.9. The second-order valence-corrected chi connectivity index (χ2v) is 10.7. The number of amides is 1. The number of nitrogens with one attached hydrogen (secondary N) is 1. The van der Waals surface area contributed by atoms with E-state index in [4.69, 9.17) is 23.2 Å². The van der Waals surface area contributed by atoms with Crippen molar-refractivity contribution in [1.29, 1.82) is 0 Å². The zero-order chi connectivity index (χ0) is 22.9. The summed E-state index contributed by atoms with van der Waals surface area (Å²) >= 11 is 13.8. The first-order valence-electron chi connectivity index (χ1n) is 11.2. The summed E-state index contributed by atoms with van der Waals surface area (Å²) in [5.41, 5.74) is 2.33. The SMILES string of the molecule is Cc1cc(Cl)[n+]([O-])c(Cl)c1C(=O)N1CCC(C)(N2CCC(NCc3ccsc3)CC2)CC1. The predicted octanol–water partition coefficient (Wildman–Crippen LogP) is 4.25. The molecule has 0 spiro atoms. The van der Waals surface area contributed by atoms with Crippen LogP contribution in [0, 0.1) is 12.1 Å². The number of aryl methyl sites for hydroxylation is 1. The number of rotatable bonds is 5. The highest BCUT2D eigenvalue weighted by atomic mass is 35.5. The van der Waals surface area contributed by atoms with Crippen LogP contribution in [-0.2, 0) is 6.54 Å². The van der Waals surface area contributed by atoms with Gasteiger partial charge in [-0.2, -0.15) is 11.3 Å². The third-order valence-corrected chi connectivity index (χ3v) is 8.42. The van der Waals surface area contributed by atoms with Crippen LogP contribution in [0.2, 0.25) is 10.3 Å². The summed E-state index contributed by atoms with van der Waals surface area (Å²) in [6, 6.07) is 4.24. The lowest BCUT2D eigenvalue weighted by Crippen LogP contribution is -2.57. The standard InChI is InChI=1S/C23H30Cl2N4O2S/c1-16-13-19(24)29(31)21(25)20(16)22(30)27-10-6-23(2,7-11-27)28-8-3-18(4-9-28)26-14-17-5-12-32-15-17/h5,12-13,15,18,26H,3-4,6-11,14H2,1-2H3. The average Bonchev–Trinajstić information content (AvgIpc) is 3.31. The minimum Gasteiger partial charge on any atom is -0.617 e. The fourth-order valence-corrected chi connectivity index (χ4v) is 6.15. The number of piperidine rings is 2. The highest BCUT2D eigenvalue weighted by Crippen LogP contribution is 2.32. The van der Waals surface area contributed by atoms with Gasteiger partial charge >= 0.3 is 5.15 Å². The van der Waals surface area contributed by atoms with E-state index >= 15 is 0 Å². The summed E-state index contributed by atoms with van der Waals surface area (Å²) in [4.78, 5) is 17.5. The van der Waals surface area contributed by atoms with Crippen LogP contribution in [0.4, 0.5) is 0 Å². The van der Waals surface area contributed by atoms with E-state index in [-0.39, 0.29) is 27.3 Å². The fraction of sp³-hybridized carbons (Fsp3) is 0.565. The molecule has 2 saturated heterocycles. The predicted molar refractivity (Wildman–Crippen MR) is 129 cm³/mol. The quantitative estimate of drug-likeness (QED) is 0.381. The second-order valence-electron chi connectivity index (χ2n) is 9.17. The van der Waals surface area contributed by atoms with Crippen LogP contribution >= 0.6 is 34.5 Å². The molecule has 2 aliphatic heterocycles. The maximum absolute atomic E-state index is 13.1. The van der Waals surface area contributed by atoms with Crippen molar-refractivity contribution in [3.63, 3.8) is 0 Å². The van der Waals surface area contributed by atoms with E-state index < -0.39 is 0 Å². The highest BCUT2D eigenvalue weighted by molar-refractivity contribution is 7.07. The van der Waals surface area contributed by atoms with Crippen molar-refractivity contribution < 1.29 is 9.52 Å². The molecule has 0 radical (unpaired) electrons. The van der Waals surface area contributed by atoms with Gasteiger partial charge in [-0.1, -0.05) is 0 Å². The Hall–Kier alpha value is -1.38. The summed E-state index contributed by atoms with van der Waals surface area (Å²) in [5.74, 6) is -0.188. The lowest BCUT2D eigenvalue weighted by molar-refractivity contribution is -0.600. The summed E-state index contributed by atoms with van der Waals surface area (Å²) in [5, 5.41) is 19.9. The Morgan fingerprint density at radius 1 is 1.28 bits per heavy atom. The largest absolute Gasteiger partial charge is 0.617 e. The molecule has 0 bridgehead atoms. The van der Waals surface area contributed by atoms with E-state index in [0.29, 0.717) is 29.4 Å². The third-order valence-electron chi connectivity index (χ3n) is 7.08. The molecule has 2 aromatic heterocycles. The molecule has 2 aliphatic rings. The maximum atomic E-state index is 13.1. The number of halogens is 2. The Morgan fingerprint density at radius 2 is 1.97 bits per heavy atom. The van der Waals surface area contributed by atoms with Crippen LogP contribution in [0.15, 0.2) is 22.9 Å². The Kier molecular flexibility index (Phi) is 7.32. The molecular formula is C23H30Cl2N4O2S. The van der Waals surface area contributed by atoms with Crippen LogP contribution in [0.25, 0.3) is 0 Å². The summed E-state index contributed by atoms with van der Waals surface area (Å²) in [7, 11) is 0. The number of carbonyl (C=O) groups excluding carboxylic acids is 1. The average molecular weight is 497 g/mol. The molecule has 4 heterocycles. The molecule has 0 aliphatic carbocycles. The van der Waals surface area contributed by atoms with Gasteiger partial charge in [0.25, 0.3) is 11.1 Å². The number of likely N-dealkylation sites (tertiary alicyclic amines) is 2. The van der Waals surface area contributed by atoms with Gasteiger partial charge in [0.2, 0.25) is 0 Å². The molecule has 6 nitrogen and oxygen atoms in total. The van der Waals surface area contributed by atoms with Crippen molar-refractivity contribution in [2.45, 2.75) is 57.7 Å². The van der Waals surface area contributed by atoms with Gasteiger partial charge in [-0.05, 0) is 90.7 Å². The number of nitrogens with zero attached hydrogens (tertiary/aromatic N) is 3. The van der Waals surface area contributed by atoms with Crippen LogP contribution in [0.3, 0.4) is 0 Å². The monoisotopic (exact) mass is 496 g/mol. The second kappa shape index (κ2) is 9.85. The van der Waals surface area contributed by atoms with Gasteiger partial charge < -0.3 is 15.4 Å². The Morgan fingerprint density at radius 3 is 2.59 bits per heavy atom. The van der Waals surface area contributed by atoms with Crippen LogP contribution in [0.1, 0.15) is 54.1 Å². The topological polar surface area (TPSA) is 62.5 Å². The molecule has 32 heavy (non-hydrogen) atoms. The van der Waals surface area contributed by atoms with Gasteiger partial charge in [-0.25, -0.2) is 0 Å². The van der Waals surface area contributed by atoms with Crippen LogP contribution in [-0.4, -0.2) is 53.5 Å². The van der Waals surface area contributed by atoms with Crippen LogP contribution in [0.5, 0.6) is 0 Å². The maximum Gasteiger partial charge on any atom is 0.300 e. The molecule has 0 saturated carbocycles. The molecule has 9 heteroatoms. The smallest absolute Gasteiger partial charge is 0.300 e. The number of thiophene rings is 1. The summed E-state index contributed by atoms with van der Waals surface area (Å²) in [6.45, 7) is 8.48. The Balaban J connectivity index is 1.31. The zero-order valence-corrected chi connectivity index (χ0v) is 20.9. The number of carbonyl (C=O) groups is 1. The molecule has 2 fully saturated rings. The molecule has 0 atom stereocenters. The van der Waals surface area contributed by atoms with Gasteiger partial charge in [0.15, 0.2) is 0 Å². The number of aromatic nitrogens is 1. The fourth-order valence-electron chi connectivity index (χ4n) is 4.87. The molecule has 0 unspecified atom stereocenters. The van der Waals surface area contributed by atoms with Crippen molar-refractivity contribution in [2.24, 2.45) is 0 Å². The summed E-state index contributed by atoms with van der Waals surface area (Å²) < 4.78 is 0.411. The molecule has 174 valence electrons. The summed E-state index contributed by atoms with van der Waals surface area (Å²) in [6.07, 6.45) is 4.11. The minimum atomic E-state index is -0.188. The number of hydrogen-bond donors (Lipinski definition) is 1. The molecule has 4 rings (SSSR count). The number of hydrogen-bond acceptors (Lipinski definition) is 5.